The number of nitrogens with zero attached hydrogens (tertiary/aromatic N) is 1. The molecule has 2 rings (SSSR count). The molecule has 2 atom stereocenters. The third-order valence-electron chi connectivity index (χ3n) is 3.41. The minimum absolute atomic E-state index is 0.292. The quantitative estimate of drug-likeness (QED) is 0.730. The molecule has 14 heavy (non-hydrogen) atoms. The number of carbonyl (C=O) groups excluding carboxylic acids is 1. The number of amides is 1. The molecular formula is C11H20N2O. The monoisotopic (exact) mass is 196 g/mol. The van der Waals surface area contributed by atoms with E-state index in [-0.39, 0.29) is 0 Å². The summed E-state index contributed by atoms with van der Waals surface area (Å²) in [5.41, 5.74) is 0. The van der Waals surface area contributed by atoms with Gasteiger partial charge in [-0.05, 0) is 25.8 Å². The van der Waals surface area contributed by atoms with Crippen LogP contribution in [-0.4, -0.2) is 36.5 Å². The number of unbranched alkanes of at least 4 members (excludes halogenated alkanes) is 1. The van der Waals surface area contributed by atoms with Crippen LogP contribution < -0.4 is 5.32 Å². The van der Waals surface area contributed by atoms with E-state index in [0.717, 1.165) is 38.9 Å². The van der Waals surface area contributed by atoms with Gasteiger partial charge in [-0.25, -0.2) is 0 Å². The van der Waals surface area contributed by atoms with E-state index in [1.165, 1.54) is 6.42 Å². The van der Waals surface area contributed by atoms with Gasteiger partial charge in [-0.2, -0.15) is 0 Å². The number of likely N-dealkylation sites (tertiary alicyclic amines) is 1. The van der Waals surface area contributed by atoms with Crippen molar-refractivity contribution in [3.8, 4) is 0 Å². The van der Waals surface area contributed by atoms with E-state index in [2.05, 4.69) is 17.1 Å². The fourth-order valence-corrected chi connectivity index (χ4v) is 2.55. The fraction of sp³-hybridized carbons (Fsp3) is 0.909. The Balaban J connectivity index is 1.92. The Hall–Kier alpha value is -0.570. The van der Waals surface area contributed by atoms with Crippen molar-refractivity contribution in [2.24, 2.45) is 5.92 Å². The minimum Gasteiger partial charge on any atom is -0.341 e. The van der Waals surface area contributed by atoms with Crippen LogP contribution in [0, 0.1) is 5.92 Å². The first-order valence-electron chi connectivity index (χ1n) is 5.85. The number of rotatable bonds is 3. The normalized spacial score (nSPS) is 32.1. The third kappa shape index (κ3) is 1.78. The molecule has 0 aromatic rings. The van der Waals surface area contributed by atoms with Crippen molar-refractivity contribution in [3.05, 3.63) is 0 Å². The van der Waals surface area contributed by atoms with Gasteiger partial charge in [0.2, 0.25) is 5.91 Å². The molecule has 3 nitrogen and oxygen atoms in total. The van der Waals surface area contributed by atoms with Gasteiger partial charge in [-0.3, -0.25) is 4.79 Å². The summed E-state index contributed by atoms with van der Waals surface area (Å²) in [6, 6.07) is 0.452. The molecule has 2 unspecified atom stereocenters. The topological polar surface area (TPSA) is 32.3 Å². The lowest BCUT2D eigenvalue weighted by atomic mass is 9.94. The SMILES string of the molecule is CCCCN1CC2NCCCC2C1=O. The summed E-state index contributed by atoms with van der Waals surface area (Å²) < 4.78 is 0. The van der Waals surface area contributed by atoms with Crippen LogP contribution in [-0.2, 0) is 4.79 Å². The average Bonchev–Trinajstić information content (AvgIpc) is 2.54. The highest BCUT2D eigenvalue weighted by molar-refractivity contribution is 5.82. The fourth-order valence-electron chi connectivity index (χ4n) is 2.55. The highest BCUT2D eigenvalue weighted by Gasteiger charge is 2.40. The Labute approximate surface area is 85.8 Å². The van der Waals surface area contributed by atoms with Crippen molar-refractivity contribution < 1.29 is 4.79 Å². The maximum absolute atomic E-state index is 11.9. The Kier molecular flexibility index (Phi) is 3.06. The molecule has 0 aliphatic carbocycles. The molecule has 0 saturated carbocycles. The summed E-state index contributed by atoms with van der Waals surface area (Å²) in [7, 11) is 0. The lowest BCUT2D eigenvalue weighted by Gasteiger charge is -2.23. The van der Waals surface area contributed by atoms with Gasteiger partial charge in [-0.15, -0.1) is 0 Å². The Morgan fingerprint density at radius 3 is 3.14 bits per heavy atom. The summed E-state index contributed by atoms with van der Waals surface area (Å²) in [6.07, 6.45) is 4.57. The standard InChI is InChI=1S/C11H20N2O/c1-2-3-7-13-8-10-9(11(13)14)5-4-6-12-10/h9-10,12H,2-8H2,1H3. The van der Waals surface area contributed by atoms with Gasteiger partial charge in [-0.1, -0.05) is 13.3 Å². The predicted octanol–water partition coefficient (Wildman–Crippen LogP) is 0.997. The Morgan fingerprint density at radius 2 is 2.43 bits per heavy atom. The lowest BCUT2D eigenvalue weighted by molar-refractivity contribution is -0.131. The second-order valence-electron chi connectivity index (χ2n) is 4.45. The Morgan fingerprint density at radius 1 is 1.57 bits per heavy atom. The molecule has 2 fully saturated rings. The highest BCUT2D eigenvalue weighted by Crippen LogP contribution is 2.26. The summed E-state index contributed by atoms with van der Waals surface area (Å²) in [4.78, 5) is 14.0. The average molecular weight is 196 g/mol. The van der Waals surface area contributed by atoms with E-state index in [0.29, 0.717) is 17.9 Å². The number of piperidine rings is 1. The highest BCUT2D eigenvalue weighted by atomic mass is 16.2. The smallest absolute Gasteiger partial charge is 0.227 e. The van der Waals surface area contributed by atoms with E-state index >= 15 is 0 Å². The molecule has 0 aromatic carbocycles. The molecule has 0 aromatic heterocycles. The predicted molar refractivity (Wildman–Crippen MR) is 56.0 cm³/mol. The lowest BCUT2D eigenvalue weighted by Crippen LogP contribution is -2.41. The summed E-state index contributed by atoms with van der Waals surface area (Å²) in [5.74, 6) is 0.691. The van der Waals surface area contributed by atoms with Crippen LogP contribution in [0.3, 0.4) is 0 Å². The molecule has 0 radical (unpaired) electrons. The first-order chi connectivity index (χ1) is 6.83. The zero-order valence-corrected chi connectivity index (χ0v) is 8.96. The van der Waals surface area contributed by atoms with E-state index in [1.807, 2.05) is 0 Å². The molecule has 2 saturated heterocycles. The van der Waals surface area contributed by atoms with Crippen LogP contribution in [0.5, 0.6) is 0 Å². The molecule has 0 bridgehead atoms. The second kappa shape index (κ2) is 4.30. The van der Waals surface area contributed by atoms with Crippen LogP contribution in [0.1, 0.15) is 32.6 Å². The molecule has 1 amide bonds. The van der Waals surface area contributed by atoms with Crippen molar-refractivity contribution in [1.29, 1.82) is 0 Å². The molecular weight excluding hydrogens is 176 g/mol. The van der Waals surface area contributed by atoms with Gasteiger partial charge in [0.1, 0.15) is 0 Å². The molecule has 3 heteroatoms. The van der Waals surface area contributed by atoms with Crippen molar-refractivity contribution in [3.63, 3.8) is 0 Å². The van der Waals surface area contributed by atoms with Gasteiger partial charge in [0.15, 0.2) is 0 Å². The maximum atomic E-state index is 11.9. The second-order valence-corrected chi connectivity index (χ2v) is 4.45. The van der Waals surface area contributed by atoms with Crippen molar-refractivity contribution >= 4 is 5.91 Å². The molecule has 2 aliphatic heterocycles. The largest absolute Gasteiger partial charge is 0.341 e. The van der Waals surface area contributed by atoms with Gasteiger partial charge >= 0.3 is 0 Å². The van der Waals surface area contributed by atoms with Crippen molar-refractivity contribution in [2.75, 3.05) is 19.6 Å². The minimum atomic E-state index is 0.292. The first-order valence-corrected chi connectivity index (χ1v) is 5.85. The zero-order valence-electron chi connectivity index (χ0n) is 8.96. The molecule has 1 N–H and O–H groups in total. The van der Waals surface area contributed by atoms with E-state index in [4.69, 9.17) is 0 Å². The van der Waals surface area contributed by atoms with E-state index in [9.17, 15) is 4.79 Å². The van der Waals surface area contributed by atoms with Crippen LogP contribution in [0.25, 0.3) is 0 Å². The number of fused-ring (bicyclic) bond motifs is 1. The molecule has 2 aliphatic rings. The zero-order chi connectivity index (χ0) is 9.97. The van der Waals surface area contributed by atoms with E-state index < -0.39 is 0 Å². The Bertz CT molecular complexity index is 217. The number of hydrogen-bond donors (Lipinski definition) is 1. The van der Waals surface area contributed by atoms with Crippen molar-refractivity contribution in [1.82, 2.24) is 10.2 Å². The van der Waals surface area contributed by atoms with Crippen LogP contribution in [0.15, 0.2) is 0 Å². The summed E-state index contributed by atoms with van der Waals surface area (Å²) in [5, 5.41) is 3.46. The summed E-state index contributed by atoms with van der Waals surface area (Å²) >= 11 is 0. The molecule has 0 spiro atoms. The maximum Gasteiger partial charge on any atom is 0.227 e. The molecule has 80 valence electrons. The van der Waals surface area contributed by atoms with Crippen molar-refractivity contribution in [2.45, 2.75) is 38.6 Å². The van der Waals surface area contributed by atoms with E-state index in [1.54, 1.807) is 0 Å². The number of nitrogens with one attached hydrogen (secondary N) is 1. The van der Waals surface area contributed by atoms with Crippen LogP contribution in [0.4, 0.5) is 0 Å². The molecule has 2 heterocycles. The van der Waals surface area contributed by atoms with Gasteiger partial charge in [0.05, 0.1) is 5.92 Å². The first kappa shape index (κ1) is 9.97. The van der Waals surface area contributed by atoms with Gasteiger partial charge in [0.25, 0.3) is 0 Å². The van der Waals surface area contributed by atoms with Crippen LogP contribution >= 0.6 is 0 Å². The van der Waals surface area contributed by atoms with Gasteiger partial charge < -0.3 is 10.2 Å². The summed E-state index contributed by atoms with van der Waals surface area (Å²) in [6.45, 7) is 5.18. The van der Waals surface area contributed by atoms with Gasteiger partial charge in [0, 0.05) is 19.1 Å². The number of hydrogen-bond acceptors (Lipinski definition) is 2. The third-order valence-corrected chi connectivity index (χ3v) is 3.41. The number of carbonyl (C=O) groups is 1. The van der Waals surface area contributed by atoms with Crippen LogP contribution in [0.2, 0.25) is 0 Å².